The van der Waals surface area contributed by atoms with Crippen LogP contribution >= 0.6 is 0 Å². The molecule has 0 amide bonds. The van der Waals surface area contributed by atoms with E-state index in [1.807, 2.05) is 18.3 Å². The summed E-state index contributed by atoms with van der Waals surface area (Å²) in [6.45, 7) is 5.41. The van der Waals surface area contributed by atoms with Crippen molar-refractivity contribution in [3.63, 3.8) is 0 Å². The van der Waals surface area contributed by atoms with Crippen LogP contribution in [0.4, 0.5) is 0 Å². The zero-order valence-electron chi connectivity index (χ0n) is 14.9. The predicted molar refractivity (Wildman–Crippen MR) is 97.9 cm³/mol. The first kappa shape index (κ1) is 16.6. The molecule has 0 aliphatic carbocycles. The molecule has 1 aromatic carbocycles. The van der Waals surface area contributed by atoms with Gasteiger partial charge in [0.05, 0.1) is 19.9 Å². The monoisotopic (exact) mass is 341 g/mol. The highest BCUT2D eigenvalue weighted by molar-refractivity contribution is 5.67. The number of nitrogens with one attached hydrogen (secondary N) is 1. The quantitative estimate of drug-likeness (QED) is 0.906. The minimum Gasteiger partial charge on any atom is -0.497 e. The zero-order valence-corrected chi connectivity index (χ0v) is 14.9. The third kappa shape index (κ3) is 3.72. The maximum atomic E-state index is 5.51. The Morgan fingerprint density at radius 3 is 2.92 bits per heavy atom. The molecule has 4 rings (SSSR count). The molecule has 2 aliphatic heterocycles. The van der Waals surface area contributed by atoms with E-state index in [0.717, 1.165) is 38.0 Å². The van der Waals surface area contributed by atoms with E-state index >= 15 is 0 Å². The van der Waals surface area contributed by atoms with E-state index in [1.165, 1.54) is 42.6 Å². The van der Waals surface area contributed by atoms with Crippen molar-refractivity contribution in [1.29, 1.82) is 0 Å². The molecule has 0 radical (unpaired) electrons. The molecule has 0 spiro atoms. The number of hydrogen-bond acceptors (Lipinski definition) is 4. The lowest BCUT2D eigenvalue weighted by Crippen LogP contribution is -2.36. The van der Waals surface area contributed by atoms with Crippen LogP contribution in [0.25, 0.3) is 11.1 Å². The number of ether oxygens (including phenoxy) is 2. The molecule has 0 bridgehead atoms. The summed E-state index contributed by atoms with van der Waals surface area (Å²) in [5, 5.41) is 7.61. The summed E-state index contributed by atoms with van der Waals surface area (Å²) < 4.78 is 10.9. The molecule has 25 heavy (non-hydrogen) atoms. The van der Waals surface area contributed by atoms with Crippen molar-refractivity contribution in [1.82, 2.24) is 15.1 Å². The Hall–Kier alpha value is -1.85. The summed E-state index contributed by atoms with van der Waals surface area (Å²) >= 11 is 0. The topological polar surface area (TPSA) is 50.4 Å². The Labute approximate surface area is 149 Å². The highest BCUT2D eigenvalue weighted by Gasteiger charge is 2.26. The first-order chi connectivity index (χ1) is 12.3. The lowest BCUT2D eigenvalue weighted by molar-refractivity contribution is 0.151. The van der Waals surface area contributed by atoms with Crippen LogP contribution in [0, 0.1) is 5.92 Å². The lowest BCUT2D eigenvalue weighted by Gasteiger charge is -2.33. The fourth-order valence-electron chi connectivity index (χ4n) is 4.12. The second-order valence-electron chi connectivity index (χ2n) is 7.23. The van der Waals surface area contributed by atoms with Crippen LogP contribution in [0.1, 0.15) is 30.9 Å². The summed E-state index contributed by atoms with van der Waals surface area (Å²) in [5.41, 5.74) is 3.66. The molecule has 1 aromatic heterocycles. The molecule has 5 nitrogen and oxygen atoms in total. The van der Waals surface area contributed by atoms with Crippen LogP contribution in [-0.4, -0.2) is 55.1 Å². The summed E-state index contributed by atoms with van der Waals surface area (Å²) in [6.07, 6.45) is 5.55. The van der Waals surface area contributed by atoms with Gasteiger partial charge >= 0.3 is 0 Å². The zero-order chi connectivity index (χ0) is 17.1. The molecular formula is C20H27N3O2. The number of H-pyrrole nitrogens is 1. The summed E-state index contributed by atoms with van der Waals surface area (Å²) in [7, 11) is 1.71. The minimum atomic E-state index is 0.555. The predicted octanol–water partition coefficient (Wildman–Crippen LogP) is 3.30. The molecule has 134 valence electrons. The van der Waals surface area contributed by atoms with E-state index < -0.39 is 0 Å². The smallest absolute Gasteiger partial charge is 0.119 e. The van der Waals surface area contributed by atoms with Gasteiger partial charge in [-0.3, -0.25) is 5.10 Å². The molecule has 2 aliphatic rings. The van der Waals surface area contributed by atoms with Gasteiger partial charge in [0.15, 0.2) is 0 Å². The number of rotatable bonds is 5. The average Bonchev–Trinajstić information content (AvgIpc) is 3.34. The summed E-state index contributed by atoms with van der Waals surface area (Å²) in [6, 6.07) is 8.24. The van der Waals surface area contributed by atoms with Crippen molar-refractivity contribution in [2.75, 3.05) is 40.0 Å². The second-order valence-corrected chi connectivity index (χ2v) is 7.23. The van der Waals surface area contributed by atoms with Crippen molar-refractivity contribution in [2.24, 2.45) is 5.92 Å². The summed E-state index contributed by atoms with van der Waals surface area (Å²) in [5.74, 6) is 2.18. The van der Waals surface area contributed by atoms with Gasteiger partial charge in [-0.15, -0.1) is 0 Å². The number of benzene rings is 1. The van der Waals surface area contributed by atoms with Gasteiger partial charge in [-0.25, -0.2) is 0 Å². The van der Waals surface area contributed by atoms with Crippen LogP contribution in [0.3, 0.4) is 0 Å². The molecule has 0 saturated carbocycles. The number of hydrogen-bond donors (Lipinski definition) is 1. The first-order valence-corrected chi connectivity index (χ1v) is 9.31. The highest BCUT2D eigenvalue weighted by Crippen LogP contribution is 2.35. The molecule has 3 heterocycles. The molecule has 2 saturated heterocycles. The van der Waals surface area contributed by atoms with Crippen LogP contribution in [0.15, 0.2) is 30.5 Å². The maximum absolute atomic E-state index is 5.51. The van der Waals surface area contributed by atoms with Gasteiger partial charge in [-0.1, -0.05) is 12.1 Å². The third-order valence-electron chi connectivity index (χ3n) is 5.59. The van der Waals surface area contributed by atoms with Crippen LogP contribution < -0.4 is 4.74 Å². The average molecular weight is 341 g/mol. The minimum absolute atomic E-state index is 0.555. The molecular weight excluding hydrogens is 314 g/mol. The van der Waals surface area contributed by atoms with Crippen molar-refractivity contribution in [3.05, 3.63) is 36.2 Å². The van der Waals surface area contributed by atoms with Crippen LogP contribution in [-0.2, 0) is 4.74 Å². The fourth-order valence-corrected chi connectivity index (χ4v) is 4.12. The number of nitrogens with zero attached hydrogens (tertiary/aromatic N) is 2. The van der Waals surface area contributed by atoms with E-state index in [0.29, 0.717) is 5.92 Å². The van der Waals surface area contributed by atoms with Gasteiger partial charge in [-0.2, -0.15) is 5.10 Å². The van der Waals surface area contributed by atoms with Gasteiger partial charge < -0.3 is 14.4 Å². The van der Waals surface area contributed by atoms with E-state index in [2.05, 4.69) is 27.2 Å². The van der Waals surface area contributed by atoms with Crippen molar-refractivity contribution in [3.8, 4) is 16.9 Å². The Balaban J connectivity index is 1.42. The van der Waals surface area contributed by atoms with E-state index in [4.69, 9.17) is 9.47 Å². The Morgan fingerprint density at radius 2 is 2.16 bits per heavy atom. The standard InChI is InChI=1S/C20H27N3O2/c1-24-18-4-2-3-17(11-18)19-12-21-22-20(19)16-5-8-23(9-6-16)13-15-7-10-25-14-15/h2-4,11-12,15-16H,5-10,13-14H2,1H3,(H,21,22). The van der Waals surface area contributed by atoms with Gasteiger partial charge in [0.25, 0.3) is 0 Å². The Bertz CT molecular complexity index is 686. The maximum Gasteiger partial charge on any atom is 0.119 e. The summed E-state index contributed by atoms with van der Waals surface area (Å²) in [4.78, 5) is 2.61. The van der Waals surface area contributed by atoms with Crippen molar-refractivity contribution < 1.29 is 9.47 Å². The molecule has 5 heteroatoms. The molecule has 1 atom stereocenters. The van der Waals surface area contributed by atoms with E-state index in [9.17, 15) is 0 Å². The van der Waals surface area contributed by atoms with Gasteiger partial charge in [0.1, 0.15) is 5.75 Å². The van der Waals surface area contributed by atoms with Gasteiger partial charge in [-0.05, 0) is 56.0 Å². The number of methoxy groups -OCH3 is 1. The van der Waals surface area contributed by atoms with Gasteiger partial charge in [0, 0.05) is 30.3 Å². The van der Waals surface area contributed by atoms with Crippen molar-refractivity contribution in [2.45, 2.75) is 25.2 Å². The Morgan fingerprint density at radius 1 is 1.28 bits per heavy atom. The molecule has 1 N–H and O–H groups in total. The fraction of sp³-hybridized carbons (Fsp3) is 0.550. The first-order valence-electron chi connectivity index (χ1n) is 9.31. The molecule has 2 aromatic rings. The van der Waals surface area contributed by atoms with Crippen LogP contribution in [0.5, 0.6) is 5.75 Å². The number of aromatic nitrogens is 2. The number of likely N-dealkylation sites (tertiary alicyclic amines) is 1. The molecule has 1 unspecified atom stereocenters. The van der Waals surface area contributed by atoms with Gasteiger partial charge in [0.2, 0.25) is 0 Å². The largest absolute Gasteiger partial charge is 0.497 e. The second kappa shape index (κ2) is 7.58. The Kier molecular flexibility index (Phi) is 5.04. The van der Waals surface area contributed by atoms with Crippen LogP contribution in [0.2, 0.25) is 0 Å². The van der Waals surface area contributed by atoms with E-state index in [1.54, 1.807) is 7.11 Å². The third-order valence-corrected chi connectivity index (χ3v) is 5.59. The SMILES string of the molecule is COc1cccc(-c2cn[nH]c2C2CCN(CC3CCOC3)CC2)c1. The molecule has 2 fully saturated rings. The number of piperidine rings is 1. The number of aromatic amines is 1. The van der Waals surface area contributed by atoms with Crippen molar-refractivity contribution >= 4 is 0 Å². The lowest BCUT2D eigenvalue weighted by atomic mass is 9.89. The highest BCUT2D eigenvalue weighted by atomic mass is 16.5. The van der Waals surface area contributed by atoms with E-state index in [-0.39, 0.29) is 0 Å². The normalized spacial score (nSPS) is 22.4.